The Morgan fingerprint density at radius 2 is 2.20 bits per heavy atom. The summed E-state index contributed by atoms with van der Waals surface area (Å²) >= 11 is 1.70. The van der Waals surface area contributed by atoms with Crippen molar-refractivity contribution in [3.8, 4) is 5.69 Å². The van der Waals surface area contributed by atoms with Crippen molar-refractivity contribution < 1.29 is 9.84 Å². The number of benzene rings is 1. The topological polar surface area (TPSA) is 60.2 Å². The quantitative estimate of drug-likeness (QED) is 0.683. The molecule has 0 spiro atoms. The first kappa shape index (κ1) is 16.6. The Balaban J connectivity index is 1.57. The summed E-state index contributed by atoms with van der Waals surface area (Å²) in [5.74, 6) is 0. The van der Waals surface area contributed by atoms with Gasteiger partial charge in [0.15, 0.2) is 5.65 Å². The number of aromatic nitrogens is 3. The van der Waals surface area contributed by atoms with Crippen LogP contribution in [0.1, 0.15) is 30.9 Å². The molecule has 0 saturated heterocycles. The van der Waals surface area contributed by atoms with Crippen molar-refractivity contribution >= 4 is 22.8 Å². The van der Waals surface area contributed by atoms with E-state index in [2.05, 4.69) is 28.5 Å². The summed E-state index contributed by atoms with van der Waals surface area (Å²) in [5, 5.41) is 15.7. The highest BCUT2D eigenvalue weighted by Gasteiger charge is 2.20. The zero-order valence-corrected chi connectivity index (χ0v) is 14.9. The number of ether oxygens (including phenoxy) is 1. The Morgan fingerprint density at radius 3 is 2.96 bits per heavy atom. The molecule has 4 rings (SSSR count). The second-order valence-electron chi connectivity index (χ2n) is 6.34. The first-order chi connectivity index (χ1) is 12.2. The third-order valence-electron chi connectivity index (χ3n) is 4.65. The lowest BCUT2D eigenvalue weighted by atomic mass is 9.96. The van der Waals surface area contributed by atoms with Crippen molar-refractivity contribution in [1.82, 2.24) is 14.8 Å². The molecule has 1 fully saturated rings. The van der Waals surface area contributed by atoms with Gasteiger partial charge in [-0.2, -0.15) is 5.10 Å². The summed E-state index contributed by atoms with van der Waals surface area (Å²) in [4.78, 5) is 5.72. The van der Waals surface area contributed by atoms with Crippen LogP contribution in [-0.4, -0.2) is 38.8 Å². The molecule has 1 saturated carbocycles. The molecule has 5 nitrogen and oxygen atoms in total. The zero-order chi connectivity index (χ0) is 17.2. The first-order valence-corrected chi connectivity index (χ1v) is 9.75. The van der Waals surface area contributed by atoms with E-state index in [-0.39, 0.29) is 0 Å². The SMILES string of the molecule is CSc1cccc(-n2ncc3cc(C(O)COC4CCC4)cnc32)c1. The third kappa shape index (κ3) is 3.42. The number of rotatable bonds is 6. The van der Waals surface area contributed by atoms with Gasteiger partial charge < -0.3 is 9.84 Å². The minimum Gasteiger partial charge on any atom is -0.386 e. The largest absolute Gasteiger partial charge is 0.386 e. The lowest BCUT2D eigenvalue weighted by Gasteiger charge is -2.26. The maximum absolute atomic E-state index is 10.3. The first-order valence-electron chi connectivity index (χ1n) is 8.52. The van der Waals surface area contributed by atoms with Gasteiger partial charge in [0.05, 0.1) is 24.6 Å². The lowest BCUT2D eigenvalue weighted by molar-refractivity contribution is -0.0427. The molecule has 1 unspecified atom stereocenters. The van der Waals surface area contributed by atoms with E-state index in [1.165, 1.54) is 11.3 Å². The van der Waals surface area contributed by atoms with Gasteiger partial charge >= 0.3 is 0 Å². The van der Waals surface area contributed by atoms with Gasteiger partial charge in [-0.1, -0.05) is 6.07 Å². The Hall–Kier alpha value is -1.89. The fourth-order valence-electron chi connectivity index (χ4n) is 2.91. The monoisotopic (exact) mass is 355 g/mol. The van der Waals surface area contributed by atoms with E-state index in [1.807, 2.05) is 22.9 Å². The highest BCUT2D eigenvalue weighted by Crippen LogP contribution is 2.26. The standard InChI is InChI=1S/C19H21N3O2S/c1-25-17-7-2-4-15(9-17)22-19-14(11-21-22)8-13(10-20-19)18(23)12-24-16-5-3-6-16/h2,4,7-11,16,18,23H,3,5-6,12H2,1H3. The number of aliphatic hydroxyl groups is 1. The molecule has 25 heavy (non-hydrogen) atoms. The second kappa shape index (κ2) is 7.15. The molecule has 0 amide bonds. The molecule has 0 bridgehead atoms. The van der Waals surface area contributed by atoms with Gasteiger partial charge in [-0.15, -0.1) is 11.8 Å². The zero-order valence-electron chi connectivity index (χ0n) is 14.1. The van der Waals surface area contributed by atoms with Crippen molar-refractivity contribution in [2.24, 2.45) is 0 Å². The minimum absolute atomic E-state index is 0.317. The molecule has 130 valence electrons. The van der Waals surface area contributed by atoms with Gasteiger partial charge in [0, 0.05) is 22.0 Å². The molecule has 3 aromatic rings. The fraction of sp³-hybridized carbons (Fsp3) is 0.368. The number of thioether (sulfide) groups is 1. The maximum atomic E-state index is 10.3. The summed E-state index contributed by atoms with van der Waals surface area (Å²) < 4.78 is 7.53. The van der Waals surface area contributed by atoms with Crippen LogP contribution in [0, 0.1) is 0 Å². The van der Waals surface area contributed by atoms with Crippen LogP contribution in [0.4, 0.5) is 0 Å². The number of hydrogen-bond acceptors (Lipinski definition) is 5. The average Bonchev–Trinajstić information content (AvgIpc) is 3.03. The molecule has 2 aromatic heterocycles. The molecular formula is C19H21N3O2S. The molecule has 1 N–H and O–H groups in total. The van der Waals surface area contributed by atoms with E-state index in [1.54, 1.807) is 24.2 Å². The van der Waals surface area contributed by atoms with Crippen LogP contribution in [0.25, 0.3) is 16.7 Å². The van der Waals surface area contributed by atoms with Gasteiger partial charge in [-0.3, -0.25) is 0 Å². The molecule has 1 aliphatic carbocycles. The molecular weight excluding hydrogens is 334 g/mol. The van der Waals surface area contributed by atoms with Gasteiger partial charge in [0.25, 0.3) is 0 Å². The van der Waals surface area contributed by atoms with Crippen LogP contribution in [0.5, 0.6) is 0 Å². The van der Waals surface area contributed by atoms with Gasteiger partial charge in [0.1, 0.15) is 6.10 Å². The molecule has 6 heteroatoms. The summed E-state index contributed by atoms with van der Waals surface area (Å²) in [7, 11) is 0. The van der Waals surface area contributed by atoms with E-state index >= 15 is 0 Å². The van der Waals surface area contributed by atoms with Crippen molar-refractivity contribution in [2.45, 2.75) is 36.4 Å². The molecule has 0 aliphatic heterocycles. The van der Waals surface area contributed by atoms with E-state index in [4.69, 9.17) is 4.74 Å². The summed E-state index contributed by atoms with van der Waals surface area (Å²) in [6, 6.07) is 10.1. The van der Waals surface area contributed by atoms with Crippen LogP contribution >= 0.6 is 11.8 Å². The Labute approximate surface area is 151 Å². The molecule has 1 aromatic carbocycles. The minimum atomic E-state index is -0.652. The van der Waals surface area contributed by atoms with Crippen molar-refractivity contribution in [2.75, 3.05) is 12.9 Å². The van der Waals surface area contributed by atoms with Gasteiger partial charge in [-0.25, -0.2) is 9.67 Å². The van der Waals surface area contributed by atoms with E-state index in [0.717, 1.165) is 35.1 Å². The fourth-order valence-corrected chi connectivity index (χ4v) is 3.37. The predicted molar refractivity (Wildman–Crippen MR) is 99.2 cm³/mol. The highest BCUT2D eigenvalue weighted by molar-refractivity contribution is 7.98. The predicted octanol–water partition coefficient (Wildman–Crippen LogP) is 3.74. The van der Waals surface area contributed by atoms with E-state index in [9.17, 15) is 5.11 Å². The molecule has 1 atom stereocenters. The van der Waals surface area contributed by atoms with Crippen LogP contribution in [0.15, 0.2) is 47.6 Å². The Kier molecular flexibility index (Phi) is 4.74. The average molecular weight is 355 g/mol. The van der Waals surface area contributed by atoms with E-state index in [0.29, 0.717) is 12.7 Å². The van der Waals surface area contributed by atoms with Gasteiger partial charge in [-0.05, 0) is 49.8 Å². The number of aliphatic hydroxyl groups excluding tert-OH is 1. The summed E-state index contributed by atoms with van der Waals surface area (Å²) in [6.07, 6.45) is 8.66. The second-order valence-corrected chi connectivity index (χ2v) is 7.22. The van der Waals surface area contributed by atoms with E-state index < -0.39 is 6.10 Å². The van der Waals surface area contributed by atoms with Crippen molar-refractivity contribution in [3.63, 3.8) is 0 Å². The Morgan fingerprint density at radius 1 is 1.32 bits per heavy atom. The Bertz CT molecular complexity index is 876. The van der Waals surface area contributed by atoms with Crippen LogP contribution in [0.2, 0.25) is 0 Å². The third-order valence-corrected chi connectivity index (χ3v) is 5.38. The maximum Gasteiger partial charge on any atom is 0.162 e. The van der Waals surface area contributed by atoms with Gasteiger partial charge in [0.2, 0.25) is 0 Å². The number of pyridine rings is 1. The smallest absolute Gasteiger partial charge is 0.162 e. The summed E-state index contributed by atoms with van der Waals surface area (Å²) in [5.41, 5.74) is 2.54. The normalized spacial score (nSPS) is 16.1. The van der Waals surface area contributed by atoms with Crippen LogP contribution in [0.3, 0.4) is 0 Å². The lowest BCUT2D eigenvalue weighted by Crippen LogP contribution is -2.24. The van der Waals surface area contributed by atoms with Crippen LogP contribution < -0.4 is 0 Å². The molecule has 2 heterocycles. The number of nitrogens with zero attached hydrogens (tertiary/aromatic N) is 3. The summed E-state index contributed by atoms with van der Waals surface area (Å²) in [6.45, 7) is 0.321. The number of hydrogen-bond donors (Lipinski definition) is 1. The molecule has 0 radical (unpaired) electrons. The highest BCUT2D eigenvalue weighted by atomic mass is 32.2. The molecule has 1 aliphatic rings. The van der Waals surface area contributed by atoms with Crippen molar-refractivity contribution in [1.29, 1.82) is 0 Å². The van der Waals surface area contributed by atoms with Crippen molar-refractivity contribution in [3.05, 3.63) is 48.3 Å². The number of fused-ring (bicyclic) bond motifs is 1. The van der Waals surface area contributed by atoms with Crippen LogP contribution in [-0.2, 0) is 4.74 Å².